The molecule has 0 radical (unpaired) electrons. The molecule has 0 aliphatic carbocycles. The van der Waals surface area contributed by atoms with Crippen LogP contribution in [0.25, 0.3) is 10.2 Å². The Bertz CT molecular complexity index is 1080. The lowest BCUT2D eigenvalue weighted by molar-refractivity contribution is 0.0600. The van der Waals surface area contributed by atoms with Gasteiger partial charge in [0.15, 0.2) is 10.5 Å². The van der Waals surface area contributed by atoms with Gasteiger partial charge >= 0.3 is 5.97 Å². The lowest BCUT2D eigenvalue weighted by Gasteiger charge is -2.05. The predicted octanol–water partition coefficient (Wildman–Crippen LogP) is 1.92. The topological polar surface area (TPSA) is 87.7 Å². The van der Waals surface area contributed by atoms with Gasteiger partial charge in [-0.05, 0) is 25.1 Å². The highest BCUT2D eigenvalue weighted by atomic mass is 32.1. The minimum absolute atomic E-state index is 0.323. The van der Waals surface area contributed by atoms with E-state index in [0.717, 1.165) is 15.8 Å². The van der Waals surface area contributed by atoms with Crippen LogP contribution in [0.15, 0.2) is 29.4 Å². The molecule has 0 saturated heterocycles. The zero-order chi connectivity index (χ0) is 19.6. The summed E-state index contributed by atoms with van der Waals surface area (Å²) in [5, 5.41) is 4.18. The molecule has 2 aromatic heterocycles. The third kappa shape index (κ3) is 3.83. The molecule has 1 amide bonds. The molecular formula is C18H20N4O4S. The molecule has 0 fully saturated rings. The highest BCUT2D eigenvalue weighted by Gasteiger charge is 2.15. The van der Waals surface area contributed by atoms with Gasteiger partial charge in [0.25, 0.3) is 5.91 Å². The smallest absolute Gasteiger partial charge is 0.337 e. The van der Waals surface area contributed by atoms with Crippen LogP contribution in [0.2, 0.25) is 0 Å². The number of amides is 1. The van der Waals surface area contributed by atoms with Gasteiger partial charge in [0.05, 0.1) is 29.5 Å². The Morgan fingerprint density at radius 2 is 2.07 bits per heavy atom. The molecule has 3 aromatic rings. The van der Waals surface area contributed by atoms with Gasteiger partial charge in [-0.1, -0.05) is 11.3 Å². The van der Waals surface area contributed by atoms with Crippen LogP contribution < -0.4 is 4.80 Å². The van der Waals surface area contributed by atoms with Crippen molar-refractivity contribution in [3.8, 4) is 0 Å². The van der Waals surface area contributed by atoms with E-state index < -0.39 is 11.9 Å². The van der Waals surface area contributed by atoms with Crippen LogP contribution in [0.1, 0.15) is 26.4 Å². The predicted molar refractivity (Wildman–Crippen MR) is 101 cm³/mol. The summed E-state index contributed by atoms with van der Waals surface area (Å²) in [5.41, 5.74) is 2.41. The number of benzene rings is 1. The molecule has 0 bridgehead atoms. The molecule has 0 unspecified atom stereocenters. The van der Waals surface area contributed by atoms with Crippen molar-refractivity contribution in [2.75, 3.05) is 20.8 Å². The van der Waals surface area contributed by atoms with Crippen molar-refractivity contribution in [2.45, 2.75) is 13.5 Å². The summed E-state index contributed by atoms with van der Waals surface area (Å²) in [4.78, 5) is 29.2. The van der Waals surface area contributed by atoms with Crippen LogP contribution in [-0.2, 0) is 23.1 Å². The molecule has 0 aliphatic rings. The van der Waals surface area contributed by atoms with Crippen LogP contribution in [-0.4, -0.2) is 47.1 Å². The van der Waals surface area contributed by atoms with Gasteiger partial charge in [0.1, 0.15) is 0 Å². The number of methoxy groups -OCH3 is 2. The normalized spacial score (nSPS) is 11.9. The summed E-state index contributed by atoms with van der Waals surface area (Å²) in [7, 11) is 4.72. The number of thiazole rings is 1. The van der Waals surface area contributed by atoms with E-state index >= 15 is 0 Å². The van der Waals surface area contributed by atoms with Gasteiger partial charge in [-0.2, -0.15) is 10.1 Å². The van der Waals surface area contributed by atoms with E-state index in [1.807, 2.05) is 17.6 Å². The van der Waals surface area contributed by atoms with Crippen LogP contribution in [0, 0.1) is 6.92 Å². The Morgan fingerprint density at radius 1 is 1.30 bits per heavy atom. The zero-order valence-corrected chi connectivity index (χ0v) is 16.4. The Morgan fingerprint density at radius 3 is 2.70 bits per heavy atom. The van der Waals surface area contributed by atoms with Crippen molar-refractivity contribution >= 4 is 33.4 Å². The SMILES string of the molecule is COCCn1c(=NC(=O)c2nn(C)cc2C)sc2cc(C(=O)OC)ccc21. The molecule has 2 heterocycles. The molecule has 9 heteroatoms. The zero-order valence-electron chi connectivity index (χ0n) is 15.6. The first-order valence-corrected chi connectivity index (χ1v) is 9.06. The highest BCUT2D eigenvalue weighted by molar-refractivity contribution is 7.16. The largest absolute Gasteiger partial charge is 0.465 e. The lowest BCUT2D eigenvalue weighted by Crippen LogP contribution is -2.19. The maximum absolute atomic E-state index is 12.6. The lowest BCUT2D eigenvalue weighted by atomic mass is 10.2. The van der Waals surface area contributed by atoms with Gasteiger partial charge in [0.2, 0.25) is 0 Å². The van der Waals surface area contributed by atoms with Crippen molar-refractivity contribution < 1.29 is 19.1 Å². The van der Waals surface area contributed by atoms with Crippen molar-refractivity contribution in [3.63, 3.8) is 0 Å². The number of nitrogens with zero attached hydrogens (tertiary/aromatic N) is 4. The summed E-state index contributed by atoms with van der Waals surface area (Å²) in [6.07, 6.45) is 1.77. The Labute approximate surface area is 159 Å². The second kappa shape index (κ2) is 7.85. The molecule has 27 heavy (non-hydrogen) atoms. The molecule has 3 rings (SSSR count). The Hall–Kier alpha value is -2.78. The van der Waals surface area contributed by atoms with Gasteiger partial charge in [0, 0.05) is 32.5 Å². The minimum Gasteiger partial charge on any atom is -0.465 e. The third-order valence-corrected chi connectivity index (χ3v) is 5.08. The first-order chi connectivity index (χ1) is 12.9. The number of fused-ring (bicyclic) bond motifs is 1. The second-order valence-corrected chi connectivity index (χ2v) is 6.96. The molecule has 0 saturated carbocycles. The van der Waals surface area contributed by atoms with E-state index in [9.17, 15) is 9.59 Å². The van der Waals surface area contributed by atoms with Crippen molar-refractivity contribution in [1.82, 2.24) is 14.3 Å². The van der Waals surface area contributed by atoms with Gasteiger partial charge in [-0.25, -0.2) is 4.79 Å². The van der Waals surface area contributed by atoms with E-state index in [4.69, 9.17) is 9.47 Å². The number of hydrogen-bond donors (Lipinski definition) is 0. The summed E-state index contributed by atoms with van der Waals surface area (Å²) in [6, 6.07) is 5.26. The number of carbonyl (C=O) groups is 2. The summed E-state index contributed by atoms with van der Waals surface area (Å²) < 4.78 is 14.3. The standard InChI is InChI=1S/C18H20N4O4S/c1-11-10-21(2)20-15(11)16(23)19-18-22(7-8-25-3)13-6-5-12(17(24)26-4)9-14(13)27-18/h5-6,9-10H,7-8H2,1-4H3. The van der Waals surface area contributed by atoms with Gasteiger partial charge < -0.3 is 14.0 Å². The van der Waals surface area contributed by atoms with E-state index in [1.54, 1.807) is 37.2 Å². The summed E-state index contributed by atoms with van der Waals surface area (Å²) in [5.74, 6) is -0.813. The van der Waals surface area contributed by atoms with Crippen molar-refractivity contribution in [1.29, 1.82) is 0 Å². The van der Waals surface area contributed by atoms with E-state index in [0.29, 0.717) is 29.2 Å². The molecule has 0 spiro atoms. The third-order valence-electron chi connectivity index (χ3n) is 4.03. The molecule has 8 nitrogen and oxygen atoms in total. The fourth-order valence-corrected chi connectivity index (χ4v) is 3.85. The maximum Gasteiger partial charge on any atom is 0.337 e. The number of ether oxygens (including phenoxy) is 2. The Balaban J connectivity index is 2.13. The average Bonchev–Trinajstić information content (AvgIpc) is 3.17. The summed E-state index contributed by atoms with van der Waals surface area (Å²) >= 11 is 1.33. The summed E-state index contributed by atoms with van der Waals surface area (Å²) in [6.45, 7) is 2.82. The van der Waals surface area contributed by atoms with Crippen molar-refractivity contribution in [2.24, 2.45) is 12.0 Å². The maximum atomic E-state index is 12.6. The number of aryl methyl sites for hydroxylation is 2. The fourth-order valence-electron chi connectivity index (χ4n) is 2.76. The number of rotatable bonds is 5. The molecule has 0 N–H and O–H groups in total. The quantitative estimate of drug-likeness (QED) is 0.623. The molecular weight excluding hydrogens is 368 g/mol. The number of carbonyl (C=O) groups excluding carboxylic acids is 2. The van der Waals surface area contributed by atoms with Crippen LogP contribution in [0.5, 0.6) is 0 Å². The van der Waals surface area contributed by atoms with Gasteiger partial charge in [-0.15, -0.1) is 0 Å². The van der Waals surface area contributed by atoms with Crippen LogP contribution >= 0.6 is 11.3 Å². The van der Waals surface area contributed by atoms with Crippen LogP contribution in [0.4, 0.5) is 0 Å². The Kier molecular flexibility index (Phi) is 5.52. The molecule has 142 valence electrons. The number of hydrogen-bond acceptors (Lipinski definition) is 6. The molecule has 1 aromatic carbocycles. The average molecular weight is 388 g/mol. The van der Waals surface area contributed by atoms with E-state index in [1.165, 1.54) is 18.4 Å². The van der Waals surface area contributed by atoms with Gasteiger partial charge in [-0.3, -0.25) is 9.48 Å². The molecule has 0 aliphatic heterocycles. The number of aromatic nitrogens is 3. The monoisotopic (exact) mass is 388 g/mol. The highest BCUT2D eigenvalue weighted by Crippen LogP contribution is 2.20. The first kappa shape index (κ1) is 19.0. The molecule has 0 atom stereocenters. The second-order valence-electron chi connectivity index (χ2n) is 5.95. The van der Waals surface area contributed by atoms with E-state index in [-0.39, 0.29) is 0 Å². The first-order valence-electron chi connectivity index (χ1n) is 8.24. The minimum atomic E-state index is -0.410. The van der Waals surface area contributed by atoms with Crippen molar-refractivity contribution in [3.05, 3.63) is 46.0 Å². The number of esters is 1. The van der Waals surface area contributed by atoms with Crippen LogP contribution in [0.3, 0.4) is 0 Å². The van der Waals surface area contributed by atoms with E-state index in [2.05, 4.69) is 10.1 Å². The fraction of sp³-hybridized carbons (Fsp3) is 0.333.